The second kappa shape index (κ2) is 8.34. The van der Waals surface area contributed by atoms with Gasteiger partial charge in [0.25, 0.3) is 0 Å². The maximum atomic E-state index is 12.0. The molecule has 2 rings (SSSR count). The Kier molecular flexibility index (Phi) is 6.15. The quantitative estimate of drug-likeness (QED) is 0.577. The maximum absolute atomic E-state index is 12.0. The normalized spacial score (nSPS) is 10.8. The molecule has 5 heteroatoms. The van der Waals surface area contributed by atoms with Crippen LogP contribution in [0.3, 0.4) is 0 Å². The predicted octanol–water partition coefficient (Wildman–Crippen LogP) is 2.00. The van der Waals surface area contributed by atoms with Crippen molar-refractivity contribution in [3.63, 3.8) is 0 Å². The number of nitrogens with one attached hydrogen (secondary N) is 1. The van der Waals surface area contributed by atoms with Crippen LogP contribution in [-0.4, -0.2) is 24.2 Å². The summed E-state index contributed by atoms with van der Waals surface area (Å²) >= 11 is 0. The Morgan fingerprint density at radius 3 is 2.73 bits per heavy atom. The summed E-state index contributed by atoms with van der Waals surface area (Å²) in [6.45, 7) is 0.833. The van der Waals surface area contributed by atoms with Crippen molar-refractivity contribution in [1.82, 2.24) is 5.32 Å². The monoisotopic (exact) mass is 303 g/mol. The number of amides is 1. The molecule has 0 unspecified atom stereocenters. The lowest BCUT2D eigenvalue weighted by Gasteiger charge is -2.07. The number of para-hydroxylation sites is 1. The van der Waals surface area contributed by atoms with Gasteiger partial charge in [-0.05, 0) is 24.5 Å². The minimum Gasteiger partial charge on any atom is -0.423 e. The highest BCUT2D eigenvalue weighted by Gasteiger charge is 2.09. The van der Waals surface area contributed by atoms with Crippen LogP contribution in [0.15, 0.2) is 39.5 Å². The van der Waals surface area contributed by atoms with E-state index in [1.807, 2.05) is 12.1 Å². The van der Waals surface area contributed by atoms with Crippen LogP contribution in [0.25, 0.3) is 11.0 Å². The van der Waals surface area contributed by atoms with Crippen LogP contribution < -0.4 is 10.9 Å². The average molecular weight is 303 g/mol. The van der Waals surface area contributed by atoms with Gasteiger partial charge < -0.3 is 14.8 Å². The summed E-state index contributed by atoms with van der Waals surface area (Å²) in [5, 5.41) is 12.3. The van der Waals surface area contributed by atoms with Crippen LogP contribution in [0.5, 0.6) is 0 Å². The van der Waals surface area contributed by atoms with Gasteiger partial charge in [-0.2, -0.15) is 0 Å². The number of aliphatic hydroxyl groups excluding tert-OH is 1. The molecular weight excluding hydrogens is 282 g/mol. The third kappa shape index (κ3) is 4.70. The fourth-order valence-electron chi connectivity index (χ4n) is 2.38. The Labute approximate surface area is 129 Å². The van der Waals surface area contributed by atoms with E-state index in [4.69, 9.17) is 9.52 Å². The van der Waals surface area contributed by atoms with E-state index in [1.54, 1.807) is 12.1 Å². The van der Waals surface area contributed by atoms with Gasteiger partial charge in [-0.25, -0.2) is 4.79 Å². The number of benzene rings is 1. The van der Waals surface area contributed by atoms with E-state index in [2.05, 4.69) is 5.32 Å². The molecule has 0 saturated heterocycles. The number of carbonyl (C=O) groups is 1. The van der Waals surface area contributed by atoms with Crippen LogP contribution in [0, 0.1) is 0 Å². The van der Waals surface area contributed by atoms with E-state index in [9.17, 15) is 9.59 Å². The van der Waals surface area contributed by atoms with Gasteiger partial charge in [0.2, 0.25) is 5.91 Å². The Balaban J connectivity index is 1.90. The molecule has 0 radical (unpaired) electrons. The second-order valence-electron chi connectivity index (χ2n) is 5.25. The summed E-state index contributed by atoms with van der Waals surface area (Å²) in [5.41, 5.74) is 0.747. The van der Waals surface area contributed by atoms with E-state index >= 15 is 0 Å². The molecule has 118 valence electrons. The Morgan fingerprint density at radius 2 is 1.91 bits per heavy atom. The first kappa shape index (κ1) is 16.2. The van der Waals surface area contributed by atoms with Gasteiger partial charge in [0.15, 0.2) is 0 Å². The minimum atomic E-state index is -0.439. The number of rotatable bonds is 8. The Bertz CT molecular complexity index is 678. The van der Waals surface area contributed by atoms with Crippen LogP contribution in [0.4, 0.5) is 0 Å². The molecule has 0 bridgehead atoms. The topological polar surface area (TPSA) is 79.5 Å². The van der Waals surface area contributed by atoms with Crippen LogP contribution in [0.1, 0.15) is 31.2 Å². The molecule has 1 heterocycles. The lowest BCUT2D eigenvalue weighted by molar-refractivity contribution is -0.120. The van der Waals surface area contributed by atoms with Crippen molar-refractivity contribution in [1.29, 1.82) is 0 Å². The van der Waals surface area contributed by atoms with E-state index < -0.39 is 5.63 Å². The van der Waals surface area contributed by atoms with Crippen LogP contribution >= 0.6 is 0 Å². The van der Waals surface area contributed by atoms with Gasteiger partial charge in [0, 0.05) is 24.6 Å². The van der Waals surface area contributed by atoms with Crippen molar-refractivity contribution in [3.05, 3.63) is 46.3 Å². The van der Waals surface area contributed by atoms with Gasteiger partial charge in [0.05, 0.1) is 6.42 Å². The SMILES string of the molecule is O=C(Cc1cc(=O)oc2ccccc12)NCCCCCCO. The molecule has 0 atom stereocenters. The van der Waals surface area contributed by atoms with Gasteiger partial charge in [0.1, 0.15) is 5.58 Å². The van der Waals surface area contributed by atoms with Crippen LogP contribution in [0.2, 0.25) is 0 Å². The summed E-state index contributed by atoms with van der Waals surface area (Å²) in [6.07, 6.45) is 3.82. The smallest absolute Gasteiger partial charge is 0.336 e. The first-order valence-corrected chi connectivity index (χ1v) is 7.60. The molecule has 0 aliphatic heterocycles. The van der Waals surface area contributed by atoms with Gasteiger partial charge in [-0.1, -0.05) is 31.0 Å². The van der Waals surface area contributed by atoms with Gasteiger partial charge in [-0.3, -0.25) is 4.79 Å². The second-order valence-corrected chi connectivity index (χ2v) is 5.25. The lowest BCUT2D eigenvalue weighted by atomic mass is 10.1. The Morgan fingerprint density at radius 1 is 1.14 bits per heavy atom. The van der Waals surface area contributed by atoms with Crippen molar-refractivity contribution in [3.8, 4) is 0 Å². The maximum Gasteiger partial charge on any atom is 0.336 e. The summed E-state index contributed by atoms with van der Waals surface area (Å²) in [6, 6.07) is 8.59. The van der Waals surface area contributed by atoms with E-state index in [0.717, 1.165) is 31.1 Å². The lowest BCUT2D eigenvalue weighted by Crippen LogP contribution is -2.26. The fourth-order valence-corrected chi connectivity index (χ4v) is 2.38. The summed E-state index contributed by atoms with van der Waals surface area (Å²) in [5.74, 6) is -0.0992. The largest absolute Gasteiger partial charge is 0.423 e. The van der Waals surface area contributed by atoms with Crippen molar-refractivity contribution in [2.24, 2.45) is 0 Å². The molecule has 0 fully saturated rings. The highest BCUT2D eigenvalue weighted by atomic mass is 16.4. The fraction of sp³-hybridized carbons (Fsp3) is 0.412. The molecule has 5 nitrogen and oxygen atoms in total. The number of hydrogen-bond acceptors (Lipinski definition) is 4. The van der Waals surface area contributed by atoms with Crippen molar-refractivity contribution >= 4 is 16.9 Å². The minimum absolute atomic E-state index is 0.0992. The number of unbranched alkanes of at least 4 members (excludes halogenated alkanes) is 3. The van der Waals surface area contributed by atoms with Gasteiger partial charge in [-0.15, -0.1) is 0 Å². The van der Waals surface area contributed by atoms with Crippen molar-refractivity contribution in [2.45, 2.75) is 32.1 Å². The third-order valence-electron chi connectivity index (χ3n) is 3.49. The molecule has 1 aromatic heterocycles. The summed E-state index contributed by atoms with van der Waals surface area (Å²) in [7, 11) is 0. The predicted molar refractivity (Wildman–Crippen MR) is 84.8 cm³/mol. The molecule has 0 spiro atoms. The van der Waals surface area contributed by atoms with Crippen molar-refractivity contribution < 1.29 is 14.3 Å². The summed E-state index contributed by atoms with van der Waals surface area (Å²) < 4.78 is 5.11. The first-order valence-electron chi connectivity index (χ1n) is 7.60. The molecule has 1 aromatic carbocycles. The molecule has 0 aliphatic carbocycles. The Hall–Kier alpha value is -2.14. The number of hydrogen-bond donors (Lipinski definition) is 2. The highest BCUT2D eigenvalue weighted by Crippen LogP contribution is 2.16. The first-order chi connectivity index (χ1) is 10.7. The van der Waals surface area contributed by atoms with Crippen molar-refractivity contribution in [2.75, 3.05) is 13.2 Å². The molecular formula is C17H21NO4. The number of aliphatic hydroxyl groups is 1. The molecule has 1 amide bonds. The molecule has 0 aliphatic rings. The molecule has 0 saturated carbocycles. The molecule has 22 heavy (non-hydrogen) atoms. The zero-order valence-corrected chi connectivity index (χ0v) is 12.5. The van der Waals surface area contributed by atoms with E-state index in [-0.39, 0.29) is 18.9 Å². The molecule has 2 N–H and O–H groups in total. The summed E-state index contributed by atoms with van der Waals surface area (Å²) in [4.78, 5) is 23.5. The zero-order chi connectivity index (χ0) is 15.8. The van der Waals surface area contributed by atoms with Crippen LogP contribution in [-0.2, 0) is 11.2 Å². The zero-order valence-electron chi connectivity index (χ0n) is 12.5. The number of fused-ring (bicyclic) bond motifs is 1. The number of carbonyl (C=O) groups excluding carboxylic acids is 1. The average Bonchev–Trinajstić information content (AvgIpc) is 2.50. The van der Waals surface area contributed by atoms with E-state index in [1.165, 1.54) is 6.07 Å². The van der Waals surface area contributed by atoms with E-state index in [0.29, 0.717) is 17.7 Å². The highest BCUT2D eigenvalue weighted by molar-refractivity contribution is 5.86. The third-order valence-corrected chi connectivity index (χ3v) is 3.49. The van der Waals surface area contributed by atoms with Gasteiger partial charge >= 0.3 is 5.63 Å². The molecule has 2 aromatic rings. The standard InChI is InChI=1S/C17H21NO4/c19-10-6-2-1-5-9-18-16(20)11-13-12-17(21)22-15-8-4-3-7-14(13)15/h3-4,7-8,12,19H,1-2,5-6,9-11H2,(H,18,20).